The average molecular weight is 367 g/mol. The van der Waals surface area contributed by atoms with Gasteiger partial charge in [0.1, 0.15) is 5.82 Å². The lowest BCUT2D eigenvalue weighted by Crippen LogP contribution is -2.40. The molecule has 0 bridgehead atoms. The number of likely N-dealkylation sites (tertiary alicyclic amines) is 1. The number of hydrogen-bond donors (Lipinski definition) is 1. The molecule has 27 heavy (non-hydrogen) atoms. The van der Waals surface area contributed by atoms with Crippen molar-refractivity contribution >= 4 is 16.9 Å². The number of para-hydroxylation sites is 2. The number of imidazole rings is 2. The van der Waals surface area contributed by atoms with Crippen molar-refractivity contribution in [3.8, 4) is 0 Å². The van der Waals surface area contributed by atoms with E-state index in [-0.39, 0.29) is 17.5 Å². The summed E-state index contributed by atoms with van der Waals surface area (Å²) in [5.41, 5.74) is 1.49. The van der Waals surface area contributed by atoms with E-state index < -0.39 is 0 Å². The van der Waals surface area contributed by atoms with Crippen molar-refractivity contribution in [2.24, 2.45) is 0 Å². The zero-order valence-electron chi connectivity index (χ0n) is 15.6. The number of nitrogens with one attached hydrogen (secondary N) is 1. The van der Waals surface area contributed by atoms with Crippen LogP contribution in [-0.4, -0.2) is 43.0 Å². The quantitative estimate of drug-likeness (QED) is 0.752. The third-order valence-electron chi connectivity index (χ3n) is 5.46. The fourth-order valence-corrected chi connectivity index (χ4v) is 4.06. The fraction of sp³-hybridized carbons (Fsp3) is 0.450. The van der Waals surface area contributed by atoms with Crippen LogP contribution in [0.25, 0.3) is 11.0 Å². The monoisotopic (exact) mass is 367 g/mol. The Bertz CT molecular complexity index is 999. The van der Waals surface area contributed by atoms with E-state index in [0.717, 1.165) is 42.8 Å². The minimum Gasteiger partial charge on any atom is -0.342 e. The van der Waals surface area contributed by atoms with Crippen LogP contribution in [0, 0.1) is 0 Å². The molecule has 1 aliphatic rings. The Balaban J connectivity index is 1.43. The number of aryl methyl sites for hydroxylation is 2. The molecule has 1 aliphatic heterocycles. The number of aromatic amines is 1. The van der Waals surface area contributed by atoms with E-state index in [1.54, 1.807) is 4.57 Å². The van der Waals surface area contributed by atoms with Crippen molar-refractivity contribution in [3.05, 3.63) is 53.0 Å². The van der Waals surface area contributed by atoms with Gasteiger partial charge in [0.05, 0.1) is 11.0 Å². The van der Waals surface area contributed by atoms with E-state index in [2.05, 4.69) is 21.5 Å². The van der Waals surface area contributed by atoms with Gasteiger partial charge in [0.2, 0.25) is 5.91 Å². The smallest absolute Gasteiger partial charge is 0.326 e. The van der Waals surface area contributed by atoms with Crippen molar-refractivity contribution in [1.82, 2.24) is 24.0 Å². The molecule has 1 atom stereocenters. The third kappa shape index (κ3) is 3.41. The highest BCUT2D eigenvalue weighted by Gasteiger charge is 2.27. The molecule has 1 amide bonds. The molecule has 0 saturated carbocycles. The van der Waals surface area contributed by atoms with Crippen LogP contribution in [-0.2, 0) is 17.9 Å². The summed E-state index contributed by atoms with van der Waals surface area (Å²) in [5.74, 6) is 1.46. The first kappa shape index (κ1) is 17.6. The second kappa shape index (κ2) is 7.42. The first-order valence-electron chi connectivity index (χ1n) is 9.63. The minimum absolute atomic E-state index is 0.103. The maximum Gasteiger partial charge on any atom is 0.326 e. The van der Waals surface area contributed by atoms with Crippen molar-refractivity contribution in [2.75, 3.05) is 13.1 Å². The van der Waals surface area contributed by atoms with Gasteiger partial charge in [0, 0.05) is 50.9 Å². The Hall–Kier alpha value is -2.83. The summed E-state index contributed by atoms with van der Waals surface area (Å²) in [6, 6.07) is 7.57. The van der Waals surface area contributed by atoms with Gasteiger partial charge in [0.25, 0.3) is 0 Å². The van der Waals surface area contributed by atoms with Crippen molar-refractivity contribution in [1.29, 1.82) is 0 Å². The maximum atomic E-state index is 12.8. The third-order valence-corrected chi connectivity index (χ3v) is 5.46. The Kier molecular flexibility index (Phi) is 4.83. The number of carbonyl (C=O) groups is 1. The van der Waals surface area contributed by atoms with E-state index in [1.807, 2.05) is 41.6 Å². The number of hydrogen-bond acceptors (Lipinski definition) is 3. The van der Waals surface area contributed by atoms with Crippen LogP contribution in [0.1, 0.15) is 37.9 Å². The van der Waals surface area contributed by atoms with Crippen LogP contribution in [0.2, 0.25) is 0 Å². The molecule has 2 aromatic heterocycles. The van der Waals surface area contributed by atoms with Crippen molar-refractivity contribution in [3.63, 3.8) is 0 Å². The molecule has 142 valence electrons. The normalized spacial score (nSPS) is 17.5. The lowest BCUT2D eigenvalue weighted by Gasteiger charge is -2.32. The lowest BCUT2D eigenvalue weighted by molar-refractivity contribution is -0.132. The molecule has 0 radical (unpaired) electrons. The molecule has 1 fully saturated rings. The number of amides is 1. The van der Waals surface area contributed by atoms with E-state index in [9.17, 15) is 9.59 Å². The van der Waals surface area contributed by atoms with Gasteiger partial charge in [-0.2, -0.15) is 0 Å². The Morgan fingerprint density at radius 2 is 2.19 bits per heavy atom. The van der Waals surface area contributed by atoms with Crippen LogP contribution in [0.4, 0.5) is 0 Å². The number of H-pyrrole nitrogens is 1. The highest BCUT2D eigenvalue weighted by atomic mass is 16.2. The van der Waals surface area contributed by atoms with Crippen LogP contribution >= 0.6 is 0 Å². The van der Waals surface area contributed by atoms with E-state index >= 15 is 0 Å². The first-order chi connectivity index (χ1) is 13.2. The predicted octanol–water partition coefficient (Wildman–Crippen LogP) is 2.34. The zero-order valence-corrected chi connectivity index (χ0v) is 15.6. The van der Waals surface area contributed by atoms with Gasteiger partial charge < -0.3 is 14.5 Å². The Morgan fingerprint density at radius 1 is 1.33 bits per heavy atom. The molecule has 3 aromatic rings. The van der Waals surface area contributed by atoms with Crippen molar-refractivity contribution < 1.29 is 4.79 Å². The number of benzene rings is 1. The Labute approximate surface area is 157 Å². The molecular formula is C20H25N5O2. The highest BCUT2D eigenvalue weighted by molar-refractivity contribution is 5.77. The van der Waals surface area contributed by atoms with Gasteiger partial charge in [0.15, 0.2) is 0 Å². The van der Waals surface area contributed by atoms with Crippen LogP contribution in [0.15, 0.2) is 41.5 Å². The molecule has 0 unspecified atom stereocenters. The summed E-state index contributed by atoms with van der Waals surface area (Å²) in [6.45, 7) is 4.88. The van der Waals surface area contributed by atoms with E-state index in [4.69, 9.17) is 0 Å². The molecule has 7 heteroatoms. The SMILES string of the molecule is CCn1ccnc1[C@H]1CCCN(C(=O)CCn2c(=O)[nH]c3ccccc32)C1. The number of nitrogens with zero attached hydrogens (tertiary/aromatic N) is 4. The number of carbonyl (C=O) groups excluding carboxylic acids is 1. The van der Waals surface area contributed by atoms with Gasteiger partial charge >= 0.3 is 5.69 Å². The summed E-state index contributed by atoms with van der Waals surface area (Å²) in [7, 11) is 0. The van der Waals surface area contributed by atoms with Gasteiger partial charge in [-0.1, -0.05) is 12.1 Å². The molecular weight excluding hydrogens is 342 g/mol. The molecule has 4 rings (SSSR count). The molecule has 1 saturated heterocycles. The predicted molar refractivity (Wildman–Crippen MR) is 104 cm³/mol. The van der Waals surface area contributed by atoms with Crippen LogP contribution in [0.3, 0.4) is 0 Å². The topological polar surface area (TPSA) is 75.9 Å². The van der Waals surface area contributed by atoms with Crippen molar-refractivity contribution in [2.45, 2.75) is 45.2 Å². The first-order valence-corrected chi connectivity index (χ1v) is 9.63. The second-order valence-corrected chi connectivity index (χ2v) is 7.10. The molecule has 1 N–H and O–H groups in total. The molecule has 3 heterocycles. The van der Waals surface area contributed by atoms with Gasteiger partial charge in [-0.3, -0.25) is 9.36 Å². The molecule has 7 nitrogen and oxygen atoms in total. The average Bonchev–Trinajstić information content (AvgIpc) is 3.30. The second-order valence-electron chi connectivity index (χ2n) is 7.10. The molecule has 0 aliphatic carbocycles. The van der Waals surface area contributed by atoms with E-state index in [0.29, 0.717) is 19.5 Å². The molecule has 1 aromatic carbocycles. The largest absolute Gasteiger partial charge is 0.342 e. The minimum atomic E-state index is -0.162. The Morgan fingerprint density at radius 3 is 3.04 bits per heavy atom. The summed E-state index contributed by atoms with van der Waals surface area (Å²) in [6.07, 6.45) is 6.21. The summed E-state index contributed by atoms with van der Waals surface area (Å²) < 4.78 is 3.81. The van der Waals surface area contributed by atoms with Crippen LogP contribution < -0.4 is 5.69 Å². The van der Waals surface area contributed by atoms with Gasteiger partial charge in [-0.15, -0.1) is 0 Å². The van der Waals surface area contributed by atoms with E-state index in [1.165, 1.54) is 0 Å². The summed E-state index contributed by atoms with van der Waals surface area (Å²) in [5, 5.41) is 0. The number of aromatic nitrogens is 4. The maximum absolute atomic E-state index is 12.8. The number of piperidine rings is 1. The van der Waals surface area contributed by atoms with Crippen LogP contribution in [0.5, 0.6) is 0 Å². The summed E-state index contributed by atoms with van der Waals surface area (Å²) >= 11 is 0. The lowest BCUT2D eigenvalue weighted by atomic mass is 9.97. The summed E-state index contributed by atoms with van der Waals surface area (Å²) in [4.78, 5) is 34.2. The molecule has 0 spiro atoms. The van der Waals surface area contributed by atoms with Gasteiger partial charge in [-0.05, 0) is 31.9 Å². The van der Waals surface area contributed by atoms with Gasteiger partial charge in [-0.25, -0.2) is 9.78 Å². The highest BCUT2D eigenvalue weighted by Crippen LogP contribution is 2.26. The zero-order chi connectivity index (χ0) is 18.8. The fourth-order valence-electron chi connectivity index (χ4n) is 4.06. The number of fused-ring (bicyclic) bond motifs is 1. The standard InChI is InChI=1S/C20H25N5O2/c1-2-23-13-10-21-19(23)15-6-5-11-24(14-15)18(26)9-12-25-17-8-4-3-7-16(17)22-20(25)27/h3-4,7-8,10,13,15H,2,5-6,9,11-12,14H2,1H3,(H,22,27)/t15-/m0/s1. The number of rotatable bonds is 5.